The topological polar surface area (TPSA) is 258 Å². The van der Waals surface area contributed by atoms with Crippen LogP contribution < -0.4 is 27.0 Å². The molecule has 2 aromatic carbocycles. The van der Waals surface area contributed by atoms with Gasteiger partial charge >= 0.3 is 11.9 Å². The van der Waals surface area contributed by atoms with Gasteiger partial charge in [-0.3, -0.25) is 38.5 Å². The van der Waals surface area contributed by atoms with E-state index in [2.05, 4.69) is 27.3 Å². The number of hydrogen-bond donors (Lipinski definition) is 7. The maximum absolute atomic E-state index is 14.4. The number of amides is 6. The van der Waals surface area contributed by atoms with E-state index in [-0.39, 0.29) is 66.7 Å². The summed E-state index contributed by atoms with van der Waals surface area (Å²) in [5.41, 5.74) is 5.16. The summed E-state index contributed by atoms with van der Waals surface area (Å²) in [5, 5.41) is 31.8. The van der Waals surface area contributed by atoms with Gasteiger partial charge in [0, 0.05) is 55.0 Å². The van der Waals surface area contributed by atoms with Crippen LogP contribution in [0, 0.1) is 11.3 Å². The van der Waals surface area contributed by atoms with E-state index in [1.54, 1.807) is 27.1 Å². The second kappa shape index (κ2) is 24.7. The van der Waals surface area contributed by atoms with Gasteiger partial charge < -0.3 is 42.1 Å². The highest BCUT2D eigenvalue weighted by atomic mass is 32.2. The van der Waals surface area contributed by atoms with Crippen LogP contribution in [0.3, 0.4) is 0 Å². The molecule has 64 heavy (non-hydrogen) atoms. The monoisotopic (exact) mass is 911 g/mol. The van der Waals surface area contributed by atoms with Crippen molar-refractivity contribution in [2.75, 3.05) is 32.9 Å². The fourth-order valence-electron chi connectivity index (χ4n) is 7.09. The third-order valence-corrected chi connectivity index (χ3v) is 12.4. The third kappa shape index (κ3) is 16.0. The first-order valence-corrected chi connectivity index (χ1v) is 22.4. The van der Waals surface area contributed by atoms with Gasteiger partial charge in [0.05, 0.1) is 12.1 Å². The first kappa shape index (κ1) is 54.8. The average molecular weight is 912 g/mol. The van der Waals surface area contributed by atoms with E-state index in [9.17, 15) is 43.5 Å². The number of nitrogens with two attached hydrogens (primary N) is 1. The quantitative estimate of drug-likeness (QED) is 0.0559. The standard InChI is InChI=1S/C46H69N7O10S/c1-27(2)35(52(11)42(59)39(45(5,6)7)51-41(58)38(48-10)46(8,9)32-17-16-30-14-12-13-15-31(30)24-32)22-28(3)40(57)50-34(44(62)63)18-19-36(55)49-20-21-53(26-54)37(56)23-29(4)64-25-33(47)43(60)61/h12-17,22,24,26-27,29,33-35,38-39,48H,18-21,23,25,47H2,1-11H3,(H,49,55)(H,50,57)(H,51,58)(H,60,61)(H,62,63)/b28-22+/t29?,33-,34+,35+,38+,39+/m0/s1. The normalized spacial score (nSPS) is 14.9. The number of carbonyl (C=O) groups excluding carboxylic acids is 6. The number of rotatable bonds is 25. The molecule has 2 rings (SSSR count). The zero-order valence-corrected chi connectivity index (χ0v) is 39.8. The smallest absolute Gasteiger partial charge is 0.326 e. The van der Waals surface area contributed by atoms with Gasteiger partial charge in [-0.2, -0.15) is 11.8 Å². The lowest BCUT2D eigenvalue weighted by molar-refractivity contribution is -0.142. The molecule has 0 saturated carbocycles. The molecule has 1 unspecified atom stereocenters. The van der Waals surface area contributed by atoms with Gasteiger partial charge in [0.1, 0.15) is 18.1 Å². The maximum atomic E-state index is 14.4. The molecule has 0 saturated heterocycles. The van der Waals surface area contributed by atoms with Crippen molar-refractivity contribution in [2.45, 2.75) is 122 Å². The number of thioether (sulfide) groups is 1. The van der Waals surface area contributed by atoms with E-state index in [1.165, 1.54) is 23.6 Å². The highest BCUT2D eigenvalue weighted by molar-refractivity contribution is 7.99. The SMILES string of the molecule is CN[C@H](C(=O)N[C@H](C(=O)N(C)[C@H](/C=C(\C)C(=O)N[C@H](CCC(=O)NCCN(C=O)C(=O)CC(C)SC[C@H](N)C(=O)O)C(=O)O)C(C)C)C(C)(C)C)C(C)(C)c1ccc2ccccc2c1. The van der Waals surface area contributed by atoms with Gasteiger partial charge in [-0.1, -0.05) is 104 Å². The summed E-state index contributed by atoms with van der Waals surface area (Å²) in [6.45, 7) is 16.2. The minimum Gasteiger partial charge on any atom is -0.480 e. The van der Waals surface area contributed by atoms with Crippen molar-refractivity contribution in [3.63, 3.8) is 0 Å². The van der Waals surface area contributed by atoms with Crippen LogP contribution in [0.2, 0.25) is 0 Å². The van der Waals surface area contributed by atoms with Crippen molar-refractivity contribution in [3.8, 4) is 0 Å². The molecule has 18 heteroatoms. The Kier molecular flexibility index (Phi) is 21.1. The number of imide groups is 1. The molecule has 0 heterocycles. The van der Waals surface area contributed by atoms with E-state index < -0.39 is 70.7 Å². The lowest BCUT2D eigenvalue weighted by atomic mass is 9.76. The van der Waals surface area contributed by atoms with Gasteiger partial charge in [-0.15, -0.1) is 0 Å². The first-order valence-electron chi connectivity index (χ1n) is 21.3. The molecule has 0 bridgehead atoms. The summed E-state index contributed by atoms with van der Waals surface area (Å²) >= 11 is 1.18. The van der Waals surface area contributed by atoms with Gasteiger partial charge in [0.15, 0.2) is 0 Å². The van der Waals surface area contributed by atoms with Crippen LogP contribution >= 0.6 is 11.8 Å². The third-order valence-electron chi connectivity index (χ3n) is 11.1. The second-order valence-electron chi connectivity index (χ2n) is 18.1. The number of aliphatic carboxylic acids is 2. The molecule has 6 amide bonds. The Labute approximate surface area is 381 Å². The number of carbonyl (C=O) groups is 8. The second-order valence-corrected chi connectivity index (χ2v) is 19.6. The molecule has 0 spiro atoms. The fourth-order valence-corrected chi connectivity index (χ4v) is 8.03. The lowest BCUT2D eigenvalue weighted by Crippen LogP contribution is -2.61. The summed E-state index contributed by atoms with van der Waals surface area (Å²) in [4.78, 5) is 104. The number of benzene rings is 2. The number of carboxylic acid groups (broad SMARTS) is 2. The van der Waals surface area contributed by atoms with Crippen LogP contribution in [-0.4, -0.2) is 136 Å². The van der Waals surface area contributed by atoms with Crippen LogP contribution in [0.25, 0.3) is 10.8 Å². The van der Waals surface area contributed by atoms with Gasteiger partial charge in [-0.05, 0) is 48.1 Å². The van der Waals surface area contributed by atoms with E-state index >= 15 is 0 Å². The molecule has 17 nitrogen and oxygen atoms in total. The molecule has 0 aliphatic carbocycles. The predicted octanol–water partition coefficient (Wildman–Crippen LogP) is 3.04. The maximum Gasteiger partial charge on any atom is 0.326 e. The molecule has 0 fully saturated rings. The molecule has 2 aromatic rings. The molecule has 8 N–H and O–H groups in total. The zero-order chi connectivity index (χ0) is 48.7. The largest absolute Gasteiger partial charge is 0.480 e. The van der Waals surface area contributed by atoms with Crippen LogP contribution in [0.1, 0.15) is 87.1 Å². The highest BCUT2D eigenvalue weighted by Crippen LogP contribution is 2.31. The Morgan fingerprint density at radius 3 is 2.06 bits per heavy atom. The van der Waals surface area contributed by atoms with Crippen molar-refractivity contribution in [3.05, 3.63) is 59.7 Å². The van der Waals surface area contributed by atoms with Crippen molar-refractivity contribution in [2.24, 2.45) is 17.1 Å². The Balaban J connectivity index is 2.10. The lowest BCUT2D eigenvalue weighted by Gasteiger charge is -2.40. The summed E-state index contributed by atoms with van der Waals surface area (Å²) in [7, 11) is 3.30. The molecule has 354 valence electrons. The molecule has 6 atom stereocenters. The van der Waals surface area contributed by atoms with E-state index in [0.29, 0.717) is 6.41 Å². The van der Waals surface area contributed by atoms with Crippen molar-refractivity contribution in [1.29, 1.82) is 0 Å². The fraction of sp³-hybridized carbons (Fsp3) is 0.565. The average Bonchev–Trinajstić information content (AvgIpc) is 3.22. The van der Waals surface area contributed by atoms with Crippen LogP contribution in [-0.2, 0) is 43.8 Å². The summed E-state index contributed by atoms with van der Waals surface area (Å²) in [5.74, 6) is -5.23. The van der Waals surface area contributed by atoms with Gasteiger partial charge in [0.25, 0.3) is 0 Å². The van der Waals surface area contributed by atoms with E-state index in [4.69, 9.17) is 10.8 Å². The molecule has 0 radical (unpaired) electrons. The summed E-state index contributed by atoms with van der Waals surface area (Å²) in [6, 6.07) is 9.20. The van der Waals surface area contributed by atoms with Crippen molar-refractivity contribution in [1.82, 2.24) is 31.1 Å². The van der Waals surface area contributed by atoms with Gasteiger partial charge in [0.2, 0.25) is 35.9 Å². The number of likely N-dealkylation sites (N-methyl/N-ethyl adjacent to an activating group) is 2. The first-order chi connectivity index (χ1) is 29.8. The minimum absolute atomic E-state index is 0.0680. The molecule has 0 aliphatic rings. The van der Waals surface area contributed by atoms with E-state index in [1.807, 2.05) is 84.9 Å². The molecular formula is C46H69N7O10S. The summed E-state index contributed by atoms with van der Waals surface area (Å²) in [6.07, 6.45) is 1.27. The number of carboxylic acids is 2. The van der Waals surface area contributed by atoms with E-state index in [0.717, 1.165) is 21.2 Å². The predicted molar refractivity (Wildman–Crippen MR) is 248 cm³/mol. The molecular weight excluding hydrogens is 843 g/mol. The van der Waals surface area contributed by atoms with Gasteiger partial charge in [-0.25, -0.2) is 4.79 Å². The van der Waals surface area contributed by atoms with Crippen LogP contribution in [0.4, 0.5) is 0 Å². The Morgan fingerprint density at radius 2 is 1.52 bits per heavy atom. The van der Waals surface area contributed by atoms with Crippen LogP contribution in [0.15, 0.2) is 54.1 Å². The number of fused-ring (bicyclic) bond motifs is 1. The zero-order valence-electron chi connectivity index (χ0n) is 39.0. The number of nitrogens with zero attached hydrogens (tertiary/aromatic N) is 2. The number of hydrogen-bond acceptors (Lipinski definition) is 11. The van der Waals surface area contributed by atoms with Crippen LogP contribution in [0.5, 0.6) is 0 Å². The molecule has 0 aromatic heterocycles. The Hall–Kier alpha value is -5.33. The summed E-state index contributed by atoms with van der Waals surface area (Å²) < 4.78 is 0. The van der Waals surface area contributed by atoms with Crippen molar-refractivity contribution < 1.29 is 48.6 Å². The minimum atomic E-state index is -1.45. The van der Waals surface area contributed by atoms with Crippen molar-refractivity contribution >= 4 is 70.4 Å². The Morgan fingerprint density at radius 1 is 0.891 bits per heavy atom. The Bertz CT molecular complexity index is 2020. The molecule has 0 aliphatic heterocycles. The number of nitrogens with one attached hydrogen (secondary N) is 4. The highest BCUT2D eigenvalue weighted by Gasteiger charge is 2.42.